The van der Waals surface area contributed by atoms with Crippen molar-refractivity contribution in [2.75, 3.05) is 0 Å². The Morgan fingerprint density at radius 2 is 1.71 bits per heavy atom. The van der Waals surface area contributed by atoms with Gasteiger partial charge in [-0.15, -0.1) is 0 Å². The predicted octanol–water partition coefficient (Wildman–Crippen LogP) is 6.33. The summed E-state index contributed by atoms with van der Waals surface area (Å²) in [5.41, 5.74) is 2.25. The minimum absolute atomic E-state index is 0.00846. The van der Waals surface area contributed by atoms with Gasteiger partial charge in [0.1, 0.15) is 11.9 Å². The van der Waals surface area contributed by atoms with Crippen LogP contribution in [-0.4, -0.2) is 16.2 Å². The molecule has 2 aromatic carbocycles. The molecule has 3 nitrogen and oxygen atoms in total. The lowest BCUT2D eigenvalue weighted by molar-refractivity contribution is 0.203. The van der Waals surface area contributed by atoms with E-state index in [9.17, 15) is 13.9 Å². The molecule has 0 aliphatic heterocycles. The minimum atomic E-state index is -0.739. The molecule has 1 fully saturated rings. The molecule has 0 atom stereocenters. The molecular weight excluding hydrogens is 360 g/mol. The van der Waals surface area contributed by atoms with Crippen LogP contribution in [0.25, 0.3) is 21.9 Å². The third kappa shape index (κ3) is 3.30. The topological polar surface area (TPSA) is 42.4 Å². The Labute approximate surface area is 163 Å². The van der Waals surface area contributed by atoms with Gasteiger partial charge >= 0.3 is 0 Å². The van der Waals surface area contributed by atoms with E-state index in [-0.39, 0.29) is 29.1 Å². The molecular formula is C23H23F2NO2. The van der Waals surface area contributed by atoms with E-state index in [1.165, 1.54) is 18.2 Å². The maximum Gasteiger partial charge on any atom is 0.225 e. The molecule has 0 amide bonds. The number of halogens is 2. The minimum Gasteiger partial charge on any atom is -0.505 e. The molecule has 3 aromatic rings. The zero-order chi connectivity index (χ0) is 19.8. The number of fused-ring (bicyclic) bond motifs is 1. The van der Waals surface area contributed by atoms with Gasteiger partial charge in [-0.25, -0.2) is 13.8 Å². The van der Waals surface area contributed by atoms with Crippen LogP contribution in [0.4, 0.5) is 8.78 Å². The average Bonchev–Trinajstić information content (AvgIpc) is 3.18. The Morgan fingerprint density at radius 3 is 2.36 bits per heavy atom. The number of pyridine rings is 1. The van der Waals surface area contributed by atoms with Gasteiger partial charge in [0.25, 0.3) is 0 Å². The number of hydrogen-bond acceptors (Lipinski definition) is 3. The van der Waals surface area contributed by atoms with Crippen molar-refractivity contribution in [1.82, 2.24) is 4.98 Å². The van der Waals surface area contributed by atoms with Crippen LogP contribution < -0.4 is 4.74 Å². The summed E-state index contributed by atoms with van der Waals surface area (Å²) in [7, 11) is 0. The van der Waals surface area contributed by atoms with E-state index in [0.29, 0.717) is 5.39 Å². The number of phenolic OH excluding ortho intramolecular Hbond substituents is 1. The number of rotatable bonds is 4. The molecule has 1 heterocycles. The van der Waals surface area contributed by atoms with Gasteiger partial charge in [-0.3, -0.25) is 0 Å². The lowest BCUT2D eigenvalue weighted by Crippen LogP contribution is -2.14. The fourth-order valence-electron chi connectivity index (χ4n) is 3.93. The van der Waals surface area contributed by atoms with Crippen molar-refractivity contribution in [1.29, 1.82) is 0 Å². The molecule has 4 rings (SSSR count). The van der Waals surface area contributed by atoms with Gasteiger partial charge in [0.05, 0.1) is 11.1 Å². The van der Waals surface area contributed by atoms with Gasteiger partial charge in [0.15, 0.2) is 11.6 Å². The van der Waals surface area contributed by atoms with Crippen molar-refractivity contribution >= 4 is 10.8 Å². The van der Waals surface area contributed by atoms with Crippen LogP contribution in [0, 0.1) is 11.6 Å². The maximum absolute atomic E-state index is 15.0. The summed E-state index contributed by atoms with van der Waals surface area (Å²) in [4.78, 5) is 4.70. The summed E-state index contributed by atoms with van der Waals surface area (Å²) in [6, 6.07) is 9.12. The van der Waals surface area contributed by atoms with Crippen LogP contribution in [0.2, 0.25) is 0 Å². The molecule has 1 aliphatic rings. The Morgan fingerprint density at radius 1 is 1.04 bits per heavy atom. The highest BCUT2D eigenvalue weighted by Crippen LogP contribution is 2.42. The molecule has 1 aromatic heterocycles. The number of hydrogen-bond donors (Lipinski definition) is 1. The molecule has 146 valence electrons. The third-order valence-electron chi connectivity index (χ3n) is 5.34. The Kier molecular flexibility index (Phi) is 4.92. The molecule has 1 N–H and O–H groups in total. The first-order valence-corrected chi connectivity index (χ1v) is 9.73. The maximum atomic E-state index is 15.0. The van der Waals surface area contributed by atoms with E-state index in [1.807, 2.05) is 13.8 Å². The third-order valence-corrected chi connectivity index (χ3v) is 5.34. The van der Waals surface area contributed by atoms with Gasteiger partial charge in [0.2, 0.25) is 5.88 Å². The van der Waals surface area contributed by atoms with Crippen LogP contribution in [0.3, 0.4) is 0 Å². The van der Waals surface area contributed by atoms with Gasteiger partial charge in [-0.1, -0.05) is 26.0 Å². The zero-order valence-corrected chi connectivity index (χ0v) is 16.0. The second-order valence-corrected chi connectivity index (χ2v) is 7.68. The molecule has 0 spiro atoms. The smallest absolute Gasteiger partial charge is 0.225 e. The molecule has 1 saturated carbocycles. The van der Waals surface area contributed by atoms with E-state index >= 15 is 0 Å². The SMILES string of the molecule is CC(C)c1nc(OC2CCCC2)c2c(F)c(O)ccc2c1-c1ccc(F)cc1. The molecule has 0 unspecified atom stereocenters. The number of aromatic hydroxyl groups is 1. The van der Waals surface area contributed by atoms with E-state index in [0.717, 1.165) is 42.5 Å². The summed E-state index contributed by atoms with van der Waals surface area (Å²) < 4.78 is 34.6. The van der Waals surface area contributed by atoms with Gasteiger partial charge in [-0.05, 0) is 66.8 Å². The molecule has 0 saturated heterocycles. The molecule has 0 bridgehead atoms. The van der Waals surface area contributed by atoms with Crippen molar-refractivity contribution < 1.29 is 18.6 Å². The van der Waals surface area contributed by atoms with Crippen LogP contribution in [0.5, 0.6) is 11.6 Å². The van der Waals surface area contributed by atoms with Crippen LogP contribution in [0.15, 0.2) is 36.4 Å². The standard InChI is InChI=1S/C23H23F2NO2/c1-13(2)22-19(14-7-9-15(24)10-8-14)17-11-12-18(27)21(25)20(17)23(26-22)28-16-5-3-4-6-16/h7-13,16,27H,3-6H2,1-2H3. The quantitative estimate of drug-likeness (QED) is 0.572. The normalized spacial score (nSPS) is 14.9. The first-order valence-electron chi connectivity index (χ1n) is 9.73. The predicted molar refractivity (Wildman–Crippen MR) is 106 cm³/mol. The van der Waals surface area contributed by atoms with E-state index in [4.69, 9.17) is 9.72 Å². The van der Waals surface area contributed by atoms with Gasteiger partial charge in [-0.2, -0.15) is 0 Å². The summed E-state index contributed by atoms with van der Waals surface area (Å²) in [6.07, 6.45) is 4.01. The number of nitrogens with zero attached hydrogens (tertiary/aromatic N) is 1. The summed E-state index contributed by atoms with van der Waals surface area (Å²) in [5.74, 6) is -1.24. The molecule has 28 heavy (non-hydrogen) atoms. The lowest BCUT2D eigenvalue weighted by Gasteiger charge is -2.21. The summed E-state index contributed by atoms with van der Waals surface area (Å²) in [5, 5.41) is 10.8. The highest BCUT2D eigenvalue weighted by Gasteiger charge is 2.25. The fraction of sp³-hybridized carbons (Fsp3) is 0.348. The van der Waals surface area contributed by atoms with Crippen LogP contribution in [-0.2, 0) is 0 Å². The van der Waals surface area contributed by atoms with Crippen molar-refractivity contribution in [3.05, 3.63) is 53.7 Å². The molecule has 5 heteroatoms. The van der Waals surface area contributed by atoms with E-state index in [1.54, 1.807) is 18.2 Å². The highest BCUT2D eigenvalue weighted by molar-refractivity contribution is 6.01. The van der Waals surface area contributed by atoms with Crippen molar-refractivity contribution in [3.63, 3.8) is 0 Å². The lowest BCUT2D eigenvalue weighted by atomic mass is 9.92. The number of benzene rings is 2. The number of phenols is 1. The first-order chi connectivity index (χ1) is 13.5. The van der Waals surface area contributed by atoms with E-state index < -0.39 is 11.6 Å². The van der Waals surface area contributed by atoms with Crippen molar-refractivity contribution in [2.45, 2.75) is 51.6 Å². The van der Waals surface area contributed by atoms with E-state index in [2.05, 4.69) is 0 Å². The van der Waals surface area contributed by atoms with Crippen LogP contribution >= 0.6 is 0 Å². The Hall–Kier alpha value is -2.69. The largest absolute Gasteiger partial charge is 0.505 e. The second-order valence-electron chi connectivity index (χ2n) is 7.68. The Bertz CT molecular complexity index is 1010. The monoisotopic (exact) mass is 383 g/mol. The Balaban J connectivity index is 2.01. The highest BCUT2D eigenvalue weighted by atomic mass is 19.1. The number of aromatic nitrogens is 1. The van der Waals surface area contributed by atoms with Crippen LogP contribution in [0.1, 0.15) is 51.1 Å². The second kappa shape index (κ2) is 7.38. The van der Waals surface area contributed by atoms with Gasteiger partial charge < -0.3 is 9.84 Å². The van der Waals surface area contributed by atoms with Crippen molar-refractivity contribution in [3.8, 4) is 22.8 Å². The molecule has 0 radical (unpaired) electrons. The summed E-state index contributed by atoms with van der Waals surface area (Å²) >= 11 is 0. The zero-order valence-electron chi connectivity index (χ0n) is 16.0. The molecule has 1 aliphatic carbocycles. The van der Waals surface area contributed by atoms with Gasteiger partial charge in [0, 0.05) is 5.56 Å². The summed E-state index contributed by atoms with van der Waals surface area (Å²) in [6.45, 7) is 4.02. The van der Waals surface area contributed by atoms with Crippen molar-refractivity contribution in [2.24, 2.45) is 0 Å². The first kappa shape index (κ1) is 18.7. The average molecular weight is 383 g/mol. The fourth-order valence-corrected chi connectivity index (χ4v) is 3.93. The number of ether oxygens (including phenoxy) is 1.